The van der Waals surface area contributed by atoms with Crippen molar-refractivity contribution in [2.45, 2.75) is 6.92 Å². The minimum atomic E-state index is -0.0903. The van der Waals surface area contributed by atoms with Crippen molar-refractivity contribution in [3.63, 3.8) is 0 Å². The minimum absolute atomic E-state index is 0.0736. The predicted molar refractivity (Wildman–Crippen MR) is 93.3 cm³/mol. The Bertz CT molecular complexity index is 761. The first-order valence-corrected chi connectivity index (χ1v) is 7.59. The van der Waals surface area contributed by atoms with Gasteiger partial charge in [-0.3, -0.25) is 14.2 Å². The largest absolute Gasteiger partial charge is 0.328 e. The van der Waals surface area contributed by atoms with Crippen molar-refractivity contribution in [1.82, 2.24) is 9.55 Å². The first-order chi connectivity index (χ1) is 10.0. The Morgan fingerprint density at radius 1 is 1.24 bits per heavy atom. The molecular formula is C15H14Br2N2O2. The van der Waals surface area contributed by atoms with Crippen LogP contribution in [0, 0.1) is 0 Å². The number of rotatable bonds is 2. The summed E-state index contributed by atoms with van der Waals surface area (Å²) >= 11 is 6.23. The summed E-state index contributed by atoms with van der Waals surface area (Å²) in [6, 6.07) is 6.97. The van der Waals surface area contributed by atoms with Gasteiger partial charge in [0.15, 0.2) is 0 Å². The van der Waals surface area contributed by atoms with Crippen molar-refractivity contribution in [3.8, 4) is 0 Å². The Kier molecular flexibility index (Phi) is 7.11. The molecule has 2 aromatic heterocycles. The van der Waals surface area contributed by atoms with Gasteiger partial charge in [-0.2, -0.15) is 0 Å². The second kappa shape index (κ2) is 8.59. The van der Waals surface area contributed by atoms with Gasteiger partial charge in [0, 0.05) is 18.1 Å². The van der Waals surface area contributed by atoms with Crippen molar-refractivity contribution < 1.29 is 0 Å². The van der Waals surface area contributed by atoms with E-state index in [4.69, 9.17) is 0 Å². The van der Waals surface area contributed by atoms with Crippen LogP contribution in [0.3, 0.4) is 0 Å². The Morgan fingerprint density at radius 2 is 1.90 bits per heavy atom. The van der Waals surface area contributed by atoms with Gasteiger partial charge in [-0.05, 0) is 69.1 Å². The molecule has 2 aromatic rings. The van der Waals surface area contributed by atoms with Gasteiger partial charge in [-0.1, -0.05) is 12.7 Å². The van der Waals surface area contributed by atoms with E-state index in [0.717, 1.165) is 5.70 Å². The number of aromatic amines is 1. The summed E-state index contributed by atoms with van der Waals surface area (Å²) in [5, 5.41) is 0. The number of nitrogens with one attached hydrogen (secondary N) is 1. The first kappa shape index (κ1) is 17.4. The van der Waals surface area contributed by atoms with Crippen LogP contribution < -0.4 is 11.1 Å². The van der Waals surface area contributed by atoms with E-state index in [2.05, 4.69) is 43.4 Å². The number of aromatic nitrogens is 2. The summed E-state index contributed by atoms with van der Waals surface area (Å²) in [5.41, 5.74) is 0.620. The highest BCUT2D eigenvalue weighted by Gasteiger charge is 2.00. The zero-order valence-corrected chi connectivity index (χ0v) is 14.5. The van der Waals surface area contributed by atoms with Gasteiger partial charge in [0.05, 0.1) is 8.95 Å². The molecule has 0 aromatic carbocycles. The van der Waals surface area contributed by atoms with Crippen molar-refractivity contribution >= 4 is 37.6 Å². The number of allylic oxidation sites excluding steroid dienone is 3. The molecule has 0 saturated carbocycles. The lowest BCUT2D eigenvalue weighted by molar-refractivity contribution is 1.01. The highest BCUT2D eigenvalue weighted by Crippen LogP contribution is 2.06. The van der Waals surface area contributed by atoms with Gasteiger partial charge in [-0.25, -0.2) is 0 Å². The summed E-state index contributed by atoms with van der Waals surface area (Å²) in [4.78, 5) is 24.6. The quantitative estimate of drug-likeness (QED) is 0.761. The van der Waals surface area contributed by atoms with E-state index < -0.39 is 0 Å². The van der Waals surface area contributed by atoms with Crippen LogP contribution in [0.1, 0.15) is 6.92 Å². The van der Waals surface area contributed by atoms with Crippen LogP contribution in [0.2, 0.25) is 0 Å². The highest BCUT2D eigenvalue weighted by molar-refractivity contribution is 9.10. The van der Waals surface area contributed by atoms with Crippen molar-refractivity contribution in [1.29, 1.82) is 0 Å². The third kappa shape index (κ3) is 4.99. The van der Waals surface area contributed by atoms with Crippen LogP contribution in [0.5, 0.6) is 0 Å². The Morgan fingerprint density at radius 3 is 2.38 bits per heavy atom. The maximum Gasteiger partial charge on any atom is 0.269 e. The van der Waals surface area contributed by atoms with Gasteiger partial charge in [0.1, 0.15) is 0 Å². The van der Waals surface area contributed by atoms with Crippen LogP contribution >= 0.6 is 31.9 Å². The standard InChI is InChI=1S/C10H10BrNO.C5H4BrNO/c1-3-8(4-2)12-7-5-6-9(11)10(12)13;6-4-2-1-3-7-5(4)8/h3-7H,1H2,2H3;1-3H,(H,7,8)/b8-4+;. The predicted octanol–water partition coefficient (Wildman–Crippen LogP) is 3.80. The van der Waals surface area contributed by atoms with E-state index in [9.17, 15) is 9.59 Å². The average Bonchev–Trinajstić information content (AvgIpc) is 2.48. The second-order valence-electron chi connectivity index (χ2n) is 3.80. The third-order valence-corrected chi connectivity index (χ3v) is 3.68. The zero-order valence-electron chi connectivity index (χ0n) is 11.3. The normalized spacial score (nSPS) is 10.5. The van der Waals surface area contributed by atoms with Crippen molar-refractivity contribution in [3.05, 3.63) is 85.0 Å². The Balaban J connectivity index is 0.000000235. The van der Waals surface area contributed by atoms with Gasteiger partial charge in [0.2, 0.25) is 0 Å². The maximum atomic E-state index is 11.6. The first-order valence-electron chi connectivity index (χ1n) is 6.00. The molecule has 2 heterocycles. The van der Waals surface area contributed by atoms with Crippen LogP contribution in [0.15, 0.2) is 73.9 Å². The average molecular weight is 414 g/mol. The second-order valence-corrected chi connectivity index (χ2v) is 5.50. The third-order valence-electron chi connectivity index (χ3n) is 2.45. The fourth-order valence-electron chi connectivity index (χ4n) is 1.43. The zero-order chi connectivity index (χ0) is 15.8. The molecule has 0 spiro atoms. The Hall–Kier alpha value is -1.66. The Labute approximate surface area is 139 Å². The van der Waals surface area contributed by atoms with E-state index in [1.54, 1.807) is 42.7 Å². The number of hydrogen-bond acceptors (Lipinski definition) is 2. The molecule has 0 unspecified atom stereocenters. The summed E-state index contributed by atoms with van der Waals surface area (Å²) in [6.07, 6.45) is 6.78. The number of pyridine rings is 2. The van der Waals surface area contributed by atoms with Gasteiger partial charge in [-0.15, -0.1) is 0 Å². The summed E-state index contributed by atoms with van der Waals surface area (Å²) < 4.78 is 2.66. The van der Waals surface area contributed by atoms with Crippen LogP contribution in [-0.4, -0.2) is 9.55 Å². The van der Waals surface area contributed by atoms with E-state index in [0.29, 0.717) is 8.95 Å². The van der Waals surface area contributed by atoms with E-state index in [1.165, 1.54) is 4.57 Å². The van der Waals surface area contributed by atoms with Crippen LogP contribution in [0.25, 0.3) is 5.70 Å². The van der Waals surface area contributed by atoms with E-state index in [-0.39, 0.29) is 11.1 Å². The van der Waals surface area contributed by atoms with Crippen LogP contribution in [0.4, 0.5) is 0 Å². The molecule has 6 heteroatoms. The molecule has 110 valence electrons. The monoisotopic (exact) mass is 412 g/mol. The molecule has 0 radical (unpaired) electrons. The molecule has 0 aliphatic rings. The van der Waals surface area contributed by atoms with Crippen molar-refractivity contribution in [2.24, 2.45) is 0 Å². The molecule has 0 atom stereocenters. The SMILES string of the molecule is C=C/C(=C\C)n1cccc(Br)c1=O.O=c1[nH]cccc1Br. The van der Waals surface area contributed by atoms with Gasteiger partial charge in [0.25, 0.3) is 11.1 Å². The summed E-state index contributed by atoms with van der Waals surface area (Å²) in [6.45, 7) is 5.50. The highest BCUT2D eigenvalue weighted by atomic mass is 79.9. The maximum absolute atomic E-state index is 11.6. The lowest BCUT2D eigenvalue weighted by Gasteiger charge is -2.05. The molecule has 2 rings (SSSR count). The molecule has 0 bridgehead atoms. The van der Waals surface area contributed by atoms with Gasteiger partial charge >= 0.3 is 0 Å². The molecule has 0 aliphatic heterocycles. The fourth-order valence-corrected chi connectivity index (χ4v) is 2.04. The van der Waals surface area contributed by atoms with Crippen LogP contribution in [-0.2, 0) is 0 Å². The smallest absolute Gasteiger partial charge is 0.269 e. The minimum Gasteiger partial charge on any atom is -0.328 e. The lowest BCUT2D eigenvalue weighted by atomic mass is 10.3. The molecular weight excluding hydrogens is 400 g/mol. The molecule has 0 fully saturated rings. The topological polar surface area (TPSA) is 54.9 Å². The fraction of sp³-hybridized carbons (Fsp3) is 0.0667. The molecule has 0 amide bonds. The number of H-pyrrole nitrogens is 1. The number of hydrogen-bond donors (Lipinski definition) is 1. The van der Waals surface area contributed by atoms with Crippen molar-refractivity contribution in [2.75, 3.05) is 0 Å². The number of halogens is 2. The van der Waals surface area contributed by atoms with E-state index >= 15 is 0 Å². The van der Waals surface area contributed by atoms with E-state index in [1.807, 2.05) is 13.0 Å². The lowest BCUT2D eigenvalue weighted by Crippen LogP contribution is -2.17. The molecule has 4 nitrogen and oxygen atoms in total. The van der Waals surface area contributed by atoms with Gasteiger partial charge < -0.3 is 4.98 Å². The molecule has 1 N–H and O–H groups in total. The summed E-state index contributed by atoms with van der Waals surface area (Å²) in [5.74, 6) is 0. The molecule has 0 aliphatic carbocycles. The summed E-state index contributed by atoms with van der Waals surface area (Å²) in [7, 11) is 0. The number of nitrogens with zero attached hydrogens (tertiary/aromatic N) is 1. The molecule has 21 heavy (non-hydrogen) atoms. The molecule has 0 saturated heterocycles.